The van der Waals surface area contributed by atoms with E-state index in [1.54, 1.807) is 6.92 Å². The fourth-order valence-electron chi connectivity index (χ4n) is 1.80. The van der Waals surface area contributed by atoms with E-state index in [1.165, 1.54) is 51.4 Å². The first-order valence-electron chi connectivity index (χ1n) is 6.76. The fraction of sp³-hybridized carbons (Fsp3) is 0.800. The lowest BCUT2D eigenvalue weighted by atomic mass is 10.1. The van der Waals surface area contributed by atoms with E-state index in [-0.39, 0.29) is 5.78 Å². The van der Waals surface area contributed by atoms with Crippen LogP contribution in [0.5, 0.6) is 0 Å². The highest BCUT2D eigenvalue weighted by atomic mass is 16.1. The van der Waals surface area contributed by atoms with Crippen molar-refractivity contribution in [3.63, 3.8) is 0 Å². The molecule has 0 aromatic rings. The average molecular weight is 222 g/mol. The Morgan fingerprint density at radius 3 is 1.88 bits per heavy atom. The Labute approximate surface area is 101 Å². The number of carbonyl (C=O) groups is 1. The van der Waals surface area contributed by atoms with Gasteiger partial charge < -0.3 is 0 Å². The van der Waals surface area contributed by atoms with Gasteiger partial charge in [-0.25, -0.2) is 0 Å². The summed E-state index contributed by atoms with van der Waals surface area (Å²) in [7, 11) is 0. The molecule has 0 saturated heterocycles. The van der Waals surface area contributed by atoms with Crippen LogP contribution in [-0.2, 0) is 4.79 Å². The average Bonchev–Trinajstić information content (AvgIpc) is 2.27. The van der Waals surface area contributed by atoms with Crippen LogP contribution >= 0.6 is 0 Å². The molecule has 0 aromatic heterocycles. The molecule has 0 atom stereocenters. The summed E-state index contributed by atoms with van der Waals surface area (Å²) in [6, 6.07) is 0. The van der Waals surface area contributed by atoms with Gasteiger partial charge >= 0.3 is 0 Å². The van der Waals surface area contributed by atoms with Gasteiger partial charge in [0, 0.05) is 6.42 Å². The quantitative estimate of drug-likeness (QED) is 0.302. The van der Waals surface area contributed by atoms with Crippen LogP contribution in [0.3, 0.4) is 0 Å². The Bertz CT molecular complexity index is 219. The molecule has 0 N–H and O–H groups in total. The van der Waals surface area contributed by atoms with Crippen LogP contribution in [0.15, 0.2) is 0 Å². The highest BCUT2D eigenvalue weighted by Crippen LogP contribution is 2.10. The molecular formula is C15H26O. The highest BCUT2D eigenvalue weighted by molar-refractivity contribution is 5.95. The lowest BCUT2D eigenvalue weighted by Gasteiger charge is -2.00. The first-order chi connectivity index (χ1) is 7.81. The Morgan fingerprint density at radius 2 is 1.38 bits per heavy atom. The van der Waals surface area contributed by atoms with E-state index in [0.29, 0.717) is 6.42 Å². The third-order valence-corrected chi connectivity index (χ3v) is 2.77. The minimum absolute atomic E-state index is 0.102. The van der Waals surface area contributed by atoms with Gasteiger partial charge in [-0.05, 0) is 19.3 Å². The maximum atomic E-state index is 11.1. The van der Waals surface area contributed by atoms with Crippen molar-refractivity contribution in [3.05, 3.63) is 0 Å². The maximum Gasteiger partial charge on any atom is 0.205 e. The Kier molecular flexibility index (Phi) is 11.7. The van der Waals surface area contributed by atoms with Crippen LogP contribution < -0.4 is 0 Å². The monoisotopic (exact) mass is 222 g/mol. The standard InChI is InChI=1S/C15H26O/c1-3-5-6-7-8-9-10-11-12-14-15(16)13-4-2/h3,5-12,14H2,1-2H3. The third kappa shape index (κ3) is 11.3. The minimum Gasteiger partial charge on any atom is -0.285 e. The predicted octanol–water partition coefficient (Wildman–Crippen LogP) is 4.50. The van der Waals surface area contributed by atoms with Crippen LogP contribution in [0.25, 0.3) is 0 Å². The molecule has 1 nitrogen and oxygen atoms in total. The Balaban J connectivity index is 3.09. The molecule has 0 aliphatic carbocycles. The third-order valence-electron chi connectivity index (χ3n) is 2.77. The number of carbonyl (C=O) groups excluding carboxylic acids is 1. The van der Waals surface area contributed by atoms with E-state index in [9.17, 15) is 4.79 Å². The van der Waals surface area contributed by atoms with Crippen molar-refractivity contribution in [1.82, 2.24) is 0 Å². The molecule has 0 spiro atoms. The van der Waals surface area contributed by atoms with E-state index in [1.807, 2.05) is 0 Å². The number of unbranched alkanes of at least 4 members (excludes halogenated alkanes) is 8. The summed E-state index contributed by atoms with van der Waals surface area (Å²) >= 11 is 0. The van der Waals surface area contributed by atoms with E-state index >= 15 is 0 Å². The second-order valence-electron chi connectivity index (χ2n) is 4.38. The summed E-state index contributed by atoms with van der Waals surface area (Å²) in [4.78, 5) is 11.1. The number of hydrogen-bond acceptors (Lipinski definition) is 1. The lowest BCUT2D eigenvalue weighted by molar-refractivity contribution is -0.113. The van der Waals surface area contributed by atoms with Crippen LogP contribution in [-0.4, -0.2) is 5.78 Å². The first-order valence-corrected chi connectivity index (χ1v) is 6.76. The normalized spacial score (nSPS) is 9.62. The van der Waals surface area contributed by atoms with Gasteiger partial charge in [-0.3, -0.25) is 4.79 Å². The molecule has 0 fully saturated rings. The van der Waals surface area contributed by atoms with Crippen LogP contribution in [0.4, 0.5) is 0 Å². The molecule has 0 saturated carbocycles. The van der Waals surface area contributed by atoms with Crippen molar-refractivity contribution in [1.29, 1.82) is 0 Å². The second-order valence-corrected chi connectivity index (χ2v) is 4.38. The van der Waals surface area contributed by atoms with Gasteiger partial charge in [-0.1, -0.05) is 64.2 Å². The maximum absolute atomic E-state index is 11.1. The van der Waals surface area contributed by atoms with Gasteiger partial charge in [0.15, 0.2) is 0 Å². The molecule has 0 heterocycles. The van der Waals surface area contributed by atoms with Crippen molar-refractivity contribution in [2.24, 2.45) is 0 Å². The van der Waals surface area contributed by atoms with E-state index in [4.69, 9.17) is 0 Å². The molecule has 1 heteroatoms. The number of rotatable bonds is 10. The van der Waals surface area contributed by atoms with E-state index in [2.05, 4.69) is 18.8 Å². The topological polar surface area (TPSA) is 17.1 Å². The molecule has 0 aliphatic rings. The summed E-state index contributed by atoms with van der Waals surface area (Å²) in [5.74, 6) is 5.33. The van der Waals surface area contributed by atoms with Crippen molar-refractivity contribution in [2.45, 2.75) is 78.1 Å². The minimum atomic E-state index is 0.102. The number of hydrogen-bond donors (Lipinski definition) is 0. The van der Waals surface area contributed by atoms with Crippen molar-refractivity contribution in [2.75, 3.05) is 0 Å². The van der Waals surface area contributed by atoms with Crippen LogP contribution in [0, 0.1) is 11.8 Å². The molecule has 0 aromatic carbocycles. The van der Waals surface area contributed by atoms with Gasteiger partial charge in [0.2, 0.25) is 5.78 Å². The van der Waals surface area contributed by atoms with Crippen LogP contribution in [0.1, 0.15) is 78.1 Å². The van der Waals surface area contributed by atoms with Gasteiger partial charge in [0.1, 0.15) is 0 Å². The summed E-state index contributed by atoms with van der Waals surface area (Å²) in [6.45, 7) is 3.96. The largest absolute Gasteiger partial charge is 0.285 e. The Hall–Kier alpha value is -0.770. The molecule has 0 amide bonds. The van der Waals surface area contributed by atoms with Crippen LogP contribution in [0.2, 0.25) is 0 Å². The zero-order valence-corrected chi connectivity index (χ0v) is 11.0. The molecule has 0 bridgehead atoms. The van der Waals surface area contributed by atoms with E-state index in [0.717, 1.165) is 6.42 Å². The van der Waals surface area contributed by atoms with E-state index < -0.39 is 0 Å². The van der Waals surface area contributed by atoms with Gasteiger partial charge in [0.25, 0.3) is 0 Å². The molecule has 92 valence electrons. The summed E-state index contributed by atoms with van der Waals surface area (Å²) < 4.78 is 0. The molecule has 0 aliphatic heterocycles. The smallest absolute Gasteiger partial charge is 0.205 e. The molecule has 0 radical (unpaired) electrons. The zero-order chi connectivity index (χ0) is 12.1. The fourth-order valence-corrected chi connectivity index (χ4v) is 1.80. The summed E-state index contributed by atoms with van der Waals surface area (Å²) in [6.07, 6.45) is 12.3. The van der Waals surface area contributed by atoms with Gasteiger partial charge in [-0.2, -0.15) is 0 Å². The van der Waals surface area contributed by atoms with Gasteiger partial charge in [0.05, 0.1) is 0 Å². The Morgan fingerprint density at radius 1 is 0.875 bits per heavy atom. The molecule has 0 rings (SSSR count). The first kappa shape index (κ1) is 15.2. The summed E-state index contributed by atoms with van der Waals surface area (Å²) in [5.41, 5.74) is 0. The molecular weight excluding hydrogens is 196 g/mol. The highest BCUT2D eigenvalue weighted by Gasteiger charge is 1.96. The van der Waals surface area contributed by atoms with Crippen molar-refractivity contribution < 1.29 is 4.79 Å². The second kappa shape index (κ2) is 12.3. The molecule has 16 heavy (non-hydrogen) atoms. The SMILES string of the molecule is CC#CC(=O)CCCCCCCCCCC. The lowest BCUT2D eigenvalue weighted by Crippen LogP contribution is -1.92. The predicted molar refractivity (Wildman–Crippen MR) is 70.3 cm³/mol. The number of Topliss-reactive ketones (excluding diaryl/α,β-unsaturated/α-hetero) is 1. The van der Waals surface area contributed by atoms with Gasteiger partial charge in [-0.15, -0.1) is 0 Å². The van der Waals surface area contributed by atoms with Crippen molar-refractivity contribution in [3.8, 4) is 11.8 Å². The number of ketones is 1. The van der Waals surface area contributed by atoms with Crippen molar-refractivity contribution >= 4 is 5.78 Å². The summed E-state index contributed by atoms with van der Waals surface area (Å²) in [5, 5.41) is 0. The molecule has 0 unspecified atom stereocenters. The zero-order valence-electron chi connectivity index (χ0n) is 11.0.